The maximum absolute atomic E-state index is 6.31. The first-order valence-corrected chi connectivity index (χ1v) is 8.12. The van der Waals surface area contributed by atoms with E-state index in [4.69, 9.17) is 16.3 Å². The van der Waals surface area contributed by atoms with E-state index in [9.17, 15) is 0 Å². The lowest BCUT2D eigenvalue weighted by molar-refractivity contribution is 0.199. The molecule has 1 N–H and O–H groups in total. The van der Waals surface area contributed by atoms with E-state index >= 15 is 0 Å². The fourth-order valence-corrected chi connectivity index (χ4v) is 3.49. The van der Waals surface area contributed by atoms with E-state index in [0.717, 1.165) is 38.7 Å². The van der Waals surface area contributed by atoms with Crippen molar-refractivity contribution in [3.05, 3.63) is 34.6 Å². The number of halogens is 1. The fraction of sp³-hybridized carbons (Fsp3) is 0.385. The van der Waals surface area contributed by atoms with E-state index in [-0.39, 0.29) is 0 Å². The number of hydrogen-bond donors (Lipinski definition) is 1. The lowest BCUT2D eigenvalue weighted by Gasteiger charge is -2.07. The third kappa shape index (κ3) is 4.71. The predicted molar refractivity (Wildman–Crippen MR) is 83.8 cm³/mol. The van der Waals surface area contributed by atoms with E-state index in [2.05, 4.69) is 20.7 Å². The minimum Gasteiger partial charge on any atom is -0.383 e. The molecule has 0 saturated carbocycles. The number of nitrogens with one attached hydrogen (secondary N) is 1. The third-order valence-electron chi connectivity index (χ3n) is 2.51. The molecule has 0 unspecified atom stereocenters. The minimum atomic E-state index is 0.706. The molecular formula is C13H16ClN3OS2. The Labute approximate surface area is 132 Å². The average Bonchev–Trinajstić information content (AvgIpc) is 2.83. The molecule has 2 aromatic rings. The van der Waals surface area contributed by atoms with Crippen LogP contribution in [0, 0.1) is 6.92 Å². The Morgan fingerprint density at radius 3 is 2.95 bits per heavy atom. The van der Waals surface area contributed by atoms with Crippen LogP contribution < -0.4 is 5.32 Å². The Bertz CT molecular complexity index is 562. The molecule has 0 saturated heterocycles. The van der Waals surface area contributed by atoms with Gasteiger partial charge in [-0.15, -0.1) is 0 Å². The van der Waals surface area contributed by atoms with Gasteiger partial charge in [0.1, 0.15) is 5.82 Å². The molecule has 4 nitrogen and oxygen atoms in total. The first-order chi connectivity index (χ1) is 9.69. The zero-order valence-electron chi connectivity index (χ0n) is 11.4. The van der Waals surface area contributed by atoms with Gasteiger partial charge in [-0.25, -0.2) is 4.98 Å². The molecule has 0 radical (unpaired) electrons. The van der Waals surface area contributed by atoms with Crippen molar-refractivity contribution in [3.63, 3.8) is 0 Å². The highest BCUT2D eigenvalue weighted by Gasteiger charge is 2.07. The first kappa shape index (κ1) is 15.7. The predicted octanol–water partition coefficient (Wildman–Crippen LogP) is 3.39. The molecule has 0 amide bonds. The lowest BCUT2D eigenvalue weighted by atomic mass is 10.2. The molecule has 0 aliphatic carbocycles. The highest BCUT2D eigenvalue weighted by Crippen LogP contribution is 2.34. The van der Waals surface area contributed by atoms with Crippen molar-refractivity contribution in [3.8, 4) is 0 Å². The Hall–Kier alpha value is -0.660. The summed E-state index contributed by atoms with van der Waals surface area (Å²) in [6.07, 6.45) is 0. The number of nitrogens with zero attached hydrogens (tertiary/aromatic N) is 2. The molecule has 7 heteroatoms. The van der Waals surface area contributed by atoms with Crippen LogP contribution in [0.25, 0.3) is 0 Å². The molecule has 0 atom stereocenters. The summed E-state index contributed by atoms with van der Waals surface area (Å²) in [6.45, 7) is 4.20. The second kappa shape index (κ2) is 7.95. The highest BCUT2D eigenvalue weighted by molar-refractivity contribution is 8.01. The van der Waals surface area contributed by atoms with Crippen LogP contribution in [-0.2, 0) is 11.3 Å². The van der Waals surface area contributed by atoms with Crippen LogP contribution in [0.2, 0.25) is 5.02 Å². The number of methoxy groups -OCH3 is 1. The molecule has 1 aromatic heterocycles. The standard InChI is InChI=1S/C13H16ClN3OS2/c1-9-16-13(20-17-9)19-12-4-3-10(7-11(12)14)8-15-5-6-18-2/h3-4,7,15H,5-6,8H2,1-2H3. The van der Waals surface area contributed by atoms with Gasteiger partial charge in [0.25, 0.3) is 0 Å². The zero-order valence-corrected chi connectivity index (χ0v) is 13.7. The normalized spacial score (nSPS) is 10.9. The topological polar surface area (TPSA) is 47.0 Å². The number of ether oxygens (including phenoxy) is 1. The summed E-state index contributed by atoms with van der Waals surface area (Å²) in [5.41, 5.74) is 1.16. The van der Waals surface area contributed by atoms with Gasteiger partial charge in [-0.3, -0.25) is 0 Å². The van der Waals surface area contributed by atoms with E-state index < -0.39 is 0 Å². The first-order valence-electron chi connectivity index (χ1n) is 6.15. The van der Waals surface area contributed by atoms with Gasteiger partial charge in [0.2, 0.25) is 0 Å². The molecule has 0 spiro atoms. The van der Waals surface area contributed by atoms with E-state index in [1.807, 2.05) is 19.1 Å². The summed E-state index contributed by atoms with van der Waals surface area (Å²) in [6, 6.07) is 6.08. The summed E-state index contributed by atoms with van der Waals surface area (Å²) in [5.74, 6) is 0.799. The zero-order chi connectivity index (χ0) is 14.4. The molecule has 1 heterocycles. The van der Waals surface area contributed by atoms with Crippen molar-refractivity contribution in [2.45, 2.75) is 22.7 Å². The smallest absolute Gasteiger partial charge is 0.174 e. The van der Waals surface area contributed by atoms with Crippen LogP contribution >= 0.6 is 34.9 Å². The summed E-state index contributed by atoms with van der Waals surface area (Å²) < 4.78 is 10.1. The quantitative estimate of drug-likeness (QED) is 0.789. The fourth-order valence-electron chi connectivity index (χ4n) is 1.56. The van der Waals surface area contributed by atoms with Gasteiger partial charge in [-0.2, -0.15) is 4.37 Å². The van der Waals surface area contributed by atoms with Crippen molar-refractivity contribution in [1.29, 1.82) is 0 Å². The van der Waals surface area contributed by atoms with Crippen LogP contribution in [0.15, 0.2) is 27.4 Å². The van der Waals surface area contributed by atoms with Crippen LogP contribution in [0.3, 0.4) is 0 Å². The van der Waals surface area contributed by atoms with Crippen molar-refractivity contribution in [2.24, 2.45) is 0 Å². The van der Waals surface area contributed by atoms with Crippen LogP contribution in [0.5, 0.6) is 0 Å². The Kier molecular flexibility index (Phi) is 6.25. The Balaban J connectivity index is 1.95. The maximum atomic E-state index is 6.31. The SMILES string of the molecule is COCCNCc1ccc(Sc2nc(C)ns2)c(Cl)c1. The largest absolute Gasteiger partial charge is 0.383 e. The molecule has 1 aromatic carbocycles. The summed E-state index contributed by atoms with van der Waals surface area (Å²) in [7, 11) is 1.69. The molecule has 108 valence electrons. The molecule has 0 fully saturated rings. The van der Waals surface area contributed by atoms with Crippen LogP contribution in [0.4, 0.5) is 0 Å². The molecule has 0 aliphatic rings. The van der Waals surface area contributed by atoms with Crippen LogP contribution in [-0.4, -0.2) is 29.6 Å². The van der Waals surface area contributed by atoms with Gasteiger partial charge < -0.3 is 10.1 Å². The minimum absolute atomic E-state index is 0.706. The summed E-state index contributed by atoms with van der Waals surface area (Å²) >= 11 is 9.25. The second-order valence-corrected chi connectivity index (χ2v) is 6.59. The van der Waals surface area contributed by atoms with Gasteiger partial charge in [0, 0.05) is 25.1 Å². The highest BCUT2D eigenvalue weighted by atomic mass is 35.5. The molecule has 20 heavy (non-hydrogen) atoms. The monoisotopic (exact) mass is 329 g/mol. The number of aromatic nitrogens is 2. The van der Waals surface area contributed by atoms with Crippen molar-refractivity contribution in [1.82, 2.24) is 14.7 Å². The number of hydrogen-bond acceptors (Lipinski definition) is 6. The third-order valence-corrected chi connectivity index (χ3v) is 4.86. The lowest BCUT2D eigenvalue weighted by Crippen LogP contribution is -2.18. The van der Waals surface area contributed by atoms with Crippen molar-refractivity contribution in [2.75, 3.05) is 20.3 Å². The summed E-state index contributed by atoms with van der Waals surface area (Å²) in [4.78, 5) is 5.33. The maximum Gasteiger partial charge on any atom is 0.174 e. The average molecular weight is 330 g/mol. The van der Waals surface area contributed by atoms with Gasteiger partial charge in [0.15, 0.2) is 4.34 Å². The second-order valence-electron chi connectivity index (χ2n) is 4.14. The summed E-state index contributed by atoms with van der Waals surface area (Å²) in [5, 5.41) is 4.04. The van der Waals surface area contributed by atoms with Crippen molar-refractivity contribution >= 4 is 34.9 Å². The van der Waals surface area contributed by atoms with Gasteiger partial charge in [0.05, 0.1) is 11.6 Å². The number of benzene rings is 1. The van der Waals surface area contributed by atoms with E-state index in [1.165, 1.54) is 11.5 Å². The van der Waals surface area contributed by atoms with Gasteiger partial charge >= 0.3 is 0 Å². The molecule has 0 bridgehead atoms. The van der Waals surface area contributed by atoms with Gasteiger partial charge in [-0.1, -0.05) is 29.4 Å². The molecule has 0 aliphatic heterocycles. The van der Waals surface area contributed by atoms with Gasteiger partial charge in [-0.05, 0) is 36.2 Å². The number of aryl methyl sites for hydroxylation is 1. The Morgan fingerprint density at radius 1 is 1.45 bits per heavy atom. The van der Waals surface area contributed by atoms with Crippen LogP contribution in [0.1, 0.15) is 11.4 Å². The number of rotatable bonds is 7. The molecular weight excluding hydrogens is 314 g/mol. The Morgan fingerprint density at radius 2 is 2.30 bits per heavy atom. The van der Waals surface area contributed by atoms with E-state index in [1.54, 1.807) is 18.9 Å². The van der Waals surface area contributed by atoms with E-state index in [0.29, 0.717) is 6.61 Å². The van der Waals surface area contributed by atoms with Crippen molar-refractivity contribution < 1.29 is 4.74 Å². The molecule has 2 rings (SSSR count).